The summed E-state index contributed by atoms with van der Waals surface area (Å²) in [5.74, 6) is -1.03. The van der Waals surface area contributed by atoms with Gasteiger partial charge in [-0.1, -0.05) is 18.2 Å². The number of carboxylic acid groups (broad SMARTS) is 1. The molecule has 4 heterocycles. The van der Waals surface area contributed by atoms with Crippen molar-refractivity contribution in [2.75, 3.05) is 19.8 Å². The molecule has 1 N–H and O–H groups in total. The summed E-state index contributed by atoms with van der Waals surface area (Å²) in [4.78, 5) is 23.0. The zero-order valence-corrected chi connectivity index (χ0v) is 24.3. The summed E-state index contributed by atoms with van der Waals surface area (Å²) in [6.45, 7) is 1.87. The number of imidazole rings is 1. The Kier molecular flexibility index (Phi) is 7.32. The number of carbonyl (C=O) groups is 1. The van der Waals surface area contributed by atoms with Crippen molar-refractivity contribution in [2.45, 2.75) is 50.8 Å². The molecule has 1 saturated heterocycles. The molecule has 2 aliphatic heterocycles. The number of rotatable bonds is 8. The minimum Gasteiger partial charge on any atom is -0.480 e. The van der Waals surface area contributed by atoms with Crippen LogP contribution in [0.2, 0.25) is 0 Å². The van der Waals surface area contributed by atoms with Gasteiger partial charge in [0.2, 0.25) is 0 Å². The molecule has 0 bridgehead atoms. The van der Waals surface area contributed by atoms with E-state index in [1.165, 1.54) is 24.3 Å². The summed E-state index contributed by atoms with van der Waals surface area (Å²) < 4.78 is 52.2. The number of piperidine rings is 1. The number of aromatic nitrogens is 3. The van der Waals surface area contributed by atoms with Crippen LogP contribution in [0.25, 0.3) is 17.0 Å². The molecule has 7 rings (SSSR count). The molecular formula is C34H30F3N5O3. The average molecular weight is 614 g/mol. The van der Waals surface area contributed by atoms with Gasteiger partial charge >= 0.3 is 5.97 Å². The number of aromatic carboxylic acids is 1. The molecule has 11 heteroatoms. The van der Waals surface area contributed by atoms with Gasteiger partial charge in [0.15, 0.2) is 11.3 Å². The van der Waals surface area contributed by atoms with Crippen molar-refractivity contribution in [1.29, 1.82) is 5.26 Å². The maximum Gasteiger partial charge on any atom is 0.354 e. The Morgan fingerprint density at radius 3 is 2.58 bits per heavy atom. The number of hydrogen-bond donors (Lipinski definition) is 1. The van der Waals surface area contributed by atoms with Gasteiger partial charge in [-0.25, -0.2) is 23.5 Å². The van der Waals surface area contributed by atoms with Crippen LogP contribution in [0, 0.1) is 22.6 Å². The summed E-state index contributed by atoms with van der Waals surface area (Å²) in [6, 6.07) is 14.4. The number of alkyl halides is 1. The Morgan fingerprint density at radius 1 is 1.09 bits per heavy atom. The molecule has 8 nitrogen and oxygen atoms in total. The Morgan fingerprint density at radius 2 is 1.89 bits per heavy atom. The summed E-state index contributed by atoms with van der Waals surface area (Å²) in [5.41, 5.74) is 2.04. The number of nitrogens with zero attached hydrogens (tertiary/aromatic N) is 5. The zero-order valence-electron chi connectivity index (χ0n) is 24.3. The number of ether oxygens (including phenoxy) is 1. The highest BCUT2D eigenvalue weighted by atomic mass is 19.1. The first-order chi connectivity index (χ1) is 21.8. The van der Waals surface area contributed by atoms with Crippen molar-refractivity contribution in [3.63, 3.8) is 0 Å². The Labute approximate surface area is 257 Å². The maximum atomic E-state index is 15.3. The van der Waals surface area contributed by atoms with Gasteiger partial charge < -0.3 is 14.4 Å². The fourth-order valence-corrected chi connectivity index (χ4v) is 6.46. The highest BCUT2D eigenvalue weighted by Crippen LogP contribution is 2.48. The first kappa shape index (κ1) is 29.0. The van der Waals surface area contributed by atoms with E-state index in [9.17, 15) is 18.7 Å². The number of benzene rings is 2. The highest BCUT2D eigenvalue weighted by Gasteiger charge is 2.44. The normalized spacial score (nSPS) is 19.4. The number of para-hydroxylation sites is 1. The summed E-state index contributed by atoms with van der Waals surface area (Å²) in [5, 5.41) is 18.6. The lowest BCUT2D eigenvalue weighted by Gasteiger charge is -2.34. The van der Waals surface area contributed by atoms with Crippen LogP contribution in [-0.2, 0) is 13.1 Å². The third kappa shape index (κ3) is 5.44. The molecule has 4 aromatic rings. The number of pyridine rings is 1. The van der Waals surface area contributed by atoms with Crippen molar-refractivity contribution in [3.8, 4) is 11.8 Å². The van der Waals surface area contributed by atoms with Crippen LogP contribution >= 0.6 is 0 Å². The van der Waals surface area contributed by atoms with E-state index in [-0.39, 0.29) is 22.7 Å². The van der Waals surface area contributed by atoms with E-state index in [1.807, 2.05) is 16.7 Å². The van der Waals surface area contributed by atoms with Crippen molar-refractivity contribution in [2.24, 2.45) is 5.41 Å². The zero-order chi connectivity index (χ0) is 31.3. The predicted octanol–water partition coefficient (Wildman–Crippen LogP) is 6.71. The second-order valence-corrected chi connectivity index (χ2v) is 12.3. The summed E-state index contributed by atoms with van der Waals surface area (Å²) >= 11 is 0. The van der Waals surface area contributed by atoms with E-state index < -0.39 is 35.8 Å². The highest BCUT2D eigenvalue weighted by molar-refractivity contribution is 5.88. The smallest absolute Gasteiger partial charge is 0.354 e. The van der Waals surface area contributed by atoms with Crippen LogP contribution in [0.4, 0.5) is 13.2 Å². The van der Waals surface area contributed by atoms with Crippen molar-refractivity contribution in [3.05, 3.63) is 94.2 Å². The van der Waals surface area contributed by atoms with E-state index in [2.05, 4.69) is 9.88 Å². The molecule has 0 radical (unpaired) electrons. The first-order valence-electron chi connectivity index (χ1n) is 15.0. The summed E-state index contributed by atoms with van der Waals surface area (Å²) in [7, 11) is 0. The van der Waals surface area contributed by atoms with Crippen LogP contribution in [0.5, 0.6) is 5.75 Å². The number of nitriles is 1. The third-order valence-electron chi connectivity index (χ3n) is 9.30. The number of halogens is 3. The molecule has 1 aliphatic carbocycles. The van der Waals surface area contributed by atoms with Crippen molar-refractivity contribution >= 4 is 23.0 Å². The van der Waals surface area contributed by atoms with Gasteiger partial charge in [0.05, 0.1) is 30.4 Å². The van der Waals surface area contributed by atoms with E-state index in [1.54, 1.807) is 18.2 Å². The maximum absolute atomic E-state index is 15.3. The number of carboxylic acids is 1. The molecule has 3 aliphatic rings. The Bertz CT molecular complexity index is 1890. The standard InChI is InChI=1S/C34H30F3N5O3/c35-18-34(10-11-34)19-42-30(39-27-6-7-28(33(43)44)40-32(27)42)17-41-12-8-21(9-13-41)22-2-1-3-24-26(37)15-29(45-31(22)24)23-5-4-20(16-38)14-25(23)36/h1-7,14-15,21,29H,8-13,17-19H2,(H,43,44)/t29-/m0/s1. The number of fused-ring (bicyclic) bond motifs is 2. The topological polar surface area (TPSA) is 104 Å². The van der Waals surface area contributed by atoms with Gasteiger partial charge in [-0.3, -0.25) is 9.29 Å². The van der Waals surface area contributed by atoms with Gasteiger partial charge in [0, 0.05) is 17.5 Å². The molecule has 2 aromatic carbocycles. The van der Waals surface area contributed by atoms with Gasteiger partial charge in [0.25, 0.3) is 0 Å². The lowest BCUT2D eigenvalue weighted by atomic mass is 9.86. The molecule has 0 amide bonds. The SMILES string of the molecule is N#Cc1ccc([C@@H]2C=C(F)c3cccc(C4CCN(Cc5nc6ccc(C(=O)O)nc6n5CC5(CF)CC5)CC4)c3O2)c(F)c1. The van der Waals surface area contributed by atoms with Crippen LogP contribution in [-0.4, -0.2) is 50.3 Å². The molecule has 1 saturated carbocycles. The lowest BCUT2D eigenvalue weighted by Crippen LogP contribution is -2.34. The monoisotopic (exact) mass is 613 g/mol. The van der Waals surface area contributed by atoms with Gasteiger partial charge in [-0.05, 0) is 86.7 Å². The molecular weight excluding hydrogens is 583 g/mol. The third-order valence-corrected chi connectivity index (χ3v) is 9.30. The molecule has 0 unspecified atom stereocenters. The second kappa shape index (κ2) is 11.3. The Balaban J connectivity index is 1.10. The quantitative estimate of drug-likeness (QED) is 0.235. The van der Waals surface area contributed by atoms with Gasteiger partial charge in [0.1, 0.15) is 34.8 Å². The van der Waals surface area contributed by atoms with Gasteiger partial charge in [-0.2, -0.15) is 5.26 Å². The molecule has 45 heavy (non-hydrogen) atoms. The predicted molar refractivity (Wildman–Crippen MR) is 159 cm³/mol. The molecule has 2 fully saturated rings. The largest absolute Gasteiger partial charge is 0.480 e. The van der Waals surface area contributed by atoms with Crippen molar-refractivity contribution < 1.29 is 27.8 Å². The van der Waals surface area contributed by atoms with Gasteiger partial charge in [-0.15, -0.1) is 0 Å². The molecule has 1 atom stereocenters. The second-order valence-electron chi connectivity index (χ2n) is 12.3. The molecule has 0 spiro atoms. The van der Waals surface area contributed by atoms with Crippen LogP contribution in [0.1, 0.15) is 76.3 Å². The first-order valence-corrected chi connectivity index (χ1v) is 15.0. The van der Waals surface area contributed by atoms with E-state index in [4.69, 9.17) is 15.0 Å². The lowest BCUT2D eigenvalue weighted by molar-refractivity contribution is 0.0690. The minimum atomic E-state index is -1.13. The average Bonchev–Trinajstić information content (AvgIpc) is 3.75. The molecule has 2 aromatic heterocycles. The van der Waals surface area contributed by atoms with E-state index in [0.717, 1.165) is 43.1 Å². The number of likely N-dealkylation sites (tertiary alicyclic amines) is 1. The van der Waals surface area contributed by atoms with Crippen LogP contribution < -0.4 is 4.74 Å². The Hall–Kier alpha value is -4.69. The van der Waals surface area contributed by atoms with Crippen LogP contribution in [0.15, 0.2) is 54.6 Å². The number of hydrogen-bond acceptors (Lipinski definition) is 6. The van der Waals surface area contributed by atoms with E-state index in [0.29, 0.717) is 48.7 Å². The van der Waals surface area contributed by atoms with E-state index >= 15 is 4.39 Å². The minimum absolute atomic E-state index is 0.0773. The van der Waals surface area contributed by atoms with Crippen LogP contribution in [0.3, 0.4) is 0 Å². The van der Waals surface area contributed by atoms with Crippen molar-refractivity contribution in [1.82, 2.24) is 19.4 Å². The fourth-order valence-electron chi connectivity index (χ4n) is 6.46. The fraction of sp³-hybridized carbons (Fsp3) is 0.353. The summed E-state index contributed by atoms with van der Waals surface area (Å²) in [6.07, 6.45) is 3.35. The molecule has 230 valence electrons.